The van der Waals surface area contributed by atoms with Crippen molar-refractivity contribution in [3.05, 3.63) is 29.6 Å². The van der Waals surface area contributed by atoms with E-state index in [4.69, 9.17) is 9.84 Å². The summed E-state index contributed by atoms with van der Waals surface area (Å²) in [6, 6.07) is 4.67. The number of halogens is 1. The van der Waals surface area contributed by atoms with Gasteiger partial charge < -0.3 is 14.7 Å². The summed E-state index contributed by atoms with van der Waals surface area (Å²) in [5, 5.41) is 9.12. The molecule has 1 aromatic rings. The van der Waals surface area contributed by atoms with Crippen LogP contribution < -0.4 is 4.90 Å². The molecular weight excluding hydrogens is 233 g/mol. The number of aliphatic hydroxyl groups is 1. The highest BCUT2D eigenvalue weighted by Crippen LogP contribution is 2.20. The van der Waals surface area contributed by atoms with Crippen LogP contribution in [0.4, 0.5) is 10.1 Å². The number of anilines is 1. The molecule has 0 atom stereocenters. The van der Waals surface area contributed by atoms with Gasteiger partial charge >= 0.3 is 0 Å². The first-order valence-electron chi connectivity index (χ1n) is 6.21. The first-order valence-corrected chi connectivity index (χ1v) is 6.21. The van der Waals surface area contributed by atoms with Crippen LogP contribution in [0, 0.1) is 11.7 Å². The normalized spacial score (nSPS) is 11.0. The van der Waals surface area contributed by atoms with Crippen molar-refractivity contribution in [2.45, 2.75) is 20.5 Å². The number of rotatable bonds is 7. The Balaban J connectivity index is 2.91. The number of benzene rings is 1. The minimum atomic E-state index is -0.317. The largest absolute Gasteiger partial charge is 0.392 e. The van der Waals surface area contributed by atoms with Gasteiger partial charge in [0, 0.05) is 25.9 Å². The van der Waals surface area contributed by atoms with Crippen LogP contribution >= 0.6 is 0 Å². The molecule has 3 nitrogen and oxygen atoms in total. The van der Waals surface area contributed by atoms with Crippen LogP contribution in [0.15, 0.2) is 18.2 Å². The molecule has 4 heteroatoms. The maximum atomic E-state index is 13.5. The third kappa shape index (κ3) is 4.63. The van der Waals surface area contributed by atoms with Crippen molar-refractivity contribution in [1.29, 1.82) is 0 Å². The van der Waals surface area contributed by atoms with Gasteiger partial charge in [-0.1, -0.05) is 13.8 Å². The second-order valence-corrected chi connectivity index (χ2v) is 4.81. The first kappa shape index (κ1) is 14.9. The van der Waals surface area contributed by atoms with Gasteiger partial charge in [0.15, 0.2) is 0 Å². The topological polar surface area (TPSA) is 32.7 Å². The van der Waals surface area contributed by atoms with Crippen LogP contribution in [0.5, 0.6) is 0 Å². The molecule has 0 fully saturated rings. The smallest absolute Gasteiger partial charge is 0.125 e. The summed E-state index contributed by atoms with van der Waals surface area (Å²) in [6.45, 7) is 6.22. The van der Waals surface area contributed by atoms with E-state index >= 15 is 0 Å². The molecule has 1 rings (SSSR count). The number of ether oxygens (including phenoxy) is 1. The van der Waals surface area contributed by atoms with E-state index in [2.05, 4.69) is 18.7 Å². The van der Waals surface area contributed by atoms with Crippen LogP contribution in [0.3, 0.4) is 0 Å². The van der Waals surface area contributed by atoms with Crippen molar-refractivity contribution in [2.24, 2.45) is 5.92 Å². The van der Waals surface area contributed by atoms with Crippen molar-refractivity contribution >= 4 is 5.69 Å². The molecule has 0 aliphatic rings. The van der Waals surface area contributed by atoms with Crippen molar-refractivity contribution in [1.82, 2.24) is 0 Å². The molecule has 0 amide bonds. The number of aliphatic hydroxyl groups excluding tert-OH is 1. The third-order valence-electron chi connectivity index (χ3n) is 2.64. The molecule has 0 radical (unpaired) electrons. The van der Waals surface area contributed by atoms with E-state index < -0.39 is 0 Å². The highest BCUT2D eigenvalue weighted by Gasteiger charge is 2.10. The van der Waals surface area contributed by atoms with E-state index in [0.717, 1.165) is 12.2 Å². The second-order valence-electron chi connectivity index (χ2n) is 4.81. The zero-order chi connectivity index (χ0) is 13.5. The first-order chi connectivity index (χ1) is 8.56. The maximum absolute atomic E-state index is 13.5. The molecule has 1 aromatic carbocycles. The summed E-state index contributed by atoms with van der Waals surface area (Å²) >= 11 is 0. The van der Waals surface area contributed by atoms with Gasteiger partial charge in [0.2, 0.25) is 0 Å². The van der Waals surface area contributed by atoms with Crippen LogP contribution in [-0.2, 0) is 11.3 Å². The van der Waals surface area contributed by atoms with Gasteiger partial charge in [-0.3, -0.25) is 0 Å². The fourth-order valence-electron chi connectivity index (χ4n) is 1.88. The van der Waals surface area contributed by atoms with Crippen molar-refractivity contribution < 1.29 is 14.2 Å². The predicted molar refractivity (Wildman–Crippen MR) is 71.2 cm³/mol. The quantitative estimate of drug-likeness (QED) is 0.812. The minimum absolute atomic E-state index is 0.148. The third-order valence-corrected chi connectivity index (χ3v) is 2.64. The zero-order valence-electron chi connectivity index (χ0n) is 11.3. The minimum Gasteiger partial charge on any atom is -0.392 e. The fourth-order valence-corrected chi connectivity index (χ4v) is 1.88. The van der Waals surface area contributed by atoms with Gasteiger partial charge in [0.1, 0.15) is 5.82 Å². The van der Waals surface area contributed by atoms with Gasteiger partial charge in [-0.25, -0.2) is 4.39 Å². The Morgan fingerprint density at radius 1 is 1.33 bits per heavy atom. The Hall–Kier alpha value is -1.13. The van der Waals surface area contributed by atoms with Crippen molar-refractivity contribution in [3.8, 4) is 0 Å². The molecule has 1 N–H and O–H groups in total. The highest BCUT2D eigenvalue weighted by molar-refractivity contribution is 5.49. The molecule has 0 aliphatic carbocycles. The number of methoxy groups -OCH3 is 1. The average molecular weight is 255 g/mol. The van der Waals surface area contributed by atoms with Gasteiger partial charge in [0.05, 0.1) is 13.2 Å². The number of hydrogen-bond donors (Lipinski definition) is 1. The Labute approximate surface area is 108 Å². The second kappa shape index (κ2) is 7.34. The Bertz CT molecular complexity index is 369. The van der Waals surface area contributed by atoms with E-state index in [1.807, 2.05) is 6.07 Å². The maximum Gasteiger partial charge on any atom is 0.125 e. The molecule has 0 heterocycles. The van der Waals surface area contributed by atoms with E-state index in [-0.39, 0.29) is 12.4 Å². The average Bonchev–Trinajstić information content (AvgIpc) is 2.33. The van der Waals surface area contributed by atoms with E-state index in [1.54, 1.807) is 7.11 Å². The monoisotopic (exact) mass is 255 g/mol. The van der Waals surface area contributed by atoms with Crippen LogP contribution in [0.25, 0.3) is 0 Å². The van der Waals surface area contributed by atoms with Crippen LogP contribution in [-0.4, -0.2) is 31.9 Å². The zero-order valence-corrected chi connectivity index (χ0v) is 11.3. The van der Waals surface area contributed by atoms with Gasteiger partial charge in [-0.2, -0.15) is 0 Å². The lowest BCUT2D eigenvalue weighted by Gasteiger charge is -2.27. The molecule has 102 valence electrons. The SMILES string of the molecule is COCCN(CC(C)C)c1cc(F)cc(CO)c1. The van der Waals surface area contributed by atoms with Crippen molar-refractivity contribution in [3.63, 3.8) is 0 Å². The fraction of sp³-hybridized carbons (Fsp3) is 0.571. The Morgan fingerprint density at radius 2 is 2.06 bits per heavy atom. The Morgan fingerprint density at radius 3 is 2.61 bits per heavy atom. The predicted octanol–water partition coefficient (Wildman–Crippen LogP) is 2.43. The molecule has 0 spiro atoms. The molecular formula is C14H22FNO2. The summed E-state index contributed by atoms with van der Waals surface area (Å²) in [4.78, 5) is 2.08. The van der Waals surface area contributed by atoms with E-state index in [9.17, 15) is 4.39 Å². The standard InChI is InChI=1S/C14H22FNO2/c1-11(2)9-16(4-5-18-3)14-7-12(10-17)6-13(15)8-14/h6-8,11,17H,4-5,9-10H2,1-3H3. The number of hydrogen-bond acceptors (Lipinski definition) is 3. The molecule has 0 saturated carbocycles. The van der Waals surface area contributed by atoms with Crippen molar-refractivity contribution in [2.75, 3.05) is 31.7 Å². The summed E-state index contributed by atoms with van der Waals surface area (Å²) in [7, 11) is 1.65. The summed E-state index contributed by atoms with van der Waals surface area (Å²) in [6.07, 6.45) is 0. The van der Waals surface area contributed by atoms with Gasteiger partial charge in [-0.05, 0) is 29.7 Å². The van der Waals surface area contributed by atoms with Crippen LogP contribution in [0.2, 0.25) is 0 Å². The highest BCUT2D eigenvalue weighted by atomic mass is 19.1. The summed E-state index contributed by atoms with van der Waals surface area (Å²) in [5.74, 6) is 0.158. The lowest BCUT2D eigenvalue weighted by molar-refractivity contribution is 0.204. The van der Waals surface area contributed by atoms with Gasteiger partial charge in [-0.15, -0.1) is 0 Å². The van der Waals surface area contributed by atoms with Crippen LogP contribution in [0.1, 0.15) is 19.4 Å². The Kier molecular flexibility index (Phi) is 6.09. The molecule has 0 saturated heterocycles. The van der Waals surface area contributed by atoms with Gasteiger partial charge in [0.25, 0.3) is 0 Å². The lowest BCUT2D eigenvalue weighted by Crippen LogP contribution is -2.31. The summed E-state index contributed by atoms with van der Waals surface area (Å²) in [5.41, 5.74) is 1.39. The van der Waals surface area contributed by atoms with E-state index in [1.165, 1.54) is 12.1 Å². The molecule has 0 aromatic heterocycles. The molecule has 0 bridgehead atoms. The summed E-state index contributed by atoms with van der Waals surface area (Å²) < 4.78 is 18.5. The van der Waals surface area contributed by atoms with E-state index in [0.29, 0.717) is 24.6 Å². The molecule has 0 aliphatic heterocycles. The number of nitrogens with zero attached hydrogens (tertiary/aromatic N) is 1. The molecule has 18 heavy (non-hydrogen) atoms. The lowest BCUT2D eigenvalue weighted by atomic mass is 10.1. The molecule has 0 unspecified atom stereocenters.